The van der Waals surface area contributed by atoms with E-state index in [9.17, 15) is 0 Å². The van der Waals surface area contributed by atoms with Crippen LogP contribution in [0.2, 0.25) is 5.04 Å². The normalized spacial score (nSPS) is 26.6. The maximum absolute atomic E-state index is 7.54. The zero-order valence-corrected chi connectivity index (χ0v) is 27.4. The number of nitrogen functional groups attached to an aromatic ring is 1. The third-order valence-electron chi connectivity index (χ3n) is 9.69. The van der Waals surface area contributed by atoms with Crippen molar-refractivity contribution in [2.75, 3.05) is 40.1 Å². The number of fused-ring (bicyclic) bond motifs is 2. The Kier molecular flexibility index (Phi) is 8.14. The molecular formula is C33H43N5O5Si. The summed E-state index contributed by atoms with van der Waals surface area (Å²) in [5, 5.41) is 2.31. The number of hydrogen-bond donors (Lipinski definition) is 1. The van der Waals surface area contributed by atoms with Gasteiger partial charge in [0.15, 0.2) is 11.5 Å². The molecule has 4 aromatic rings. The van der Waals surface area contributed by atoms with E-state index >= 15 is 0 Å². The van der Waals surface area contributed by atoms with Gasteiger partial charge in [0.2, 0.25) is 0 Å². The quantitative estimate of drug-likeness (QED) is 0.187. The highest BCUT2D eigenvalue weighted by Gasteiger charge is 2.78. The van der Waals surface area contributed by atoms with E-state index in [1.54, 1.807) is 20.5 Å². The summed E-state index contributed by atoms with van der Waals surface area (Å²) in [6, 6.07) is 21.3. The molecule has 0 amide bonds. The van der Waals surface area contributed by atoms with Crippen molar-refractivity contribution >= 4 is 35.7 Å². The number of ether oxygens (including phenoxy) is 4. The minimum atomic E-state index is -2.82. The number of imidazole rings is 1. The topological polar surface area (TPSA) is 116 Å². The van der Waals surface area contributed by atoms with Crippen LogP contribution in [0.25, 0.3) is 11.2 Å². The Balaban J connectivity index is 1.47. The second-order valence-corrected chi connectivity index (χ2v) is 17.5. The van der Waals surface area contributed by atoms with Crippen molar-refractivity contribution < 1.29 is 23.4 Å². The highest BCUT2D eigenvalue weighted by Crippen LogP contribution is 2.73. The lowest BCUT2D eigenvalue weighted by atomic mass is 9.88. The molecule has 2 heterocycles. The smallest absolute Gasteiger partial charge is 0.261 e. The Morgan fingerprint density at radius 1 is 0.932 bits per heavy atom. The average molecular weight is 618 g/mol. The summed E-state index contributed by atoms with van der Waals surface area (Å²) < 4.78 is 33.7. The molecule has 234 valence electrons. The molecule has 0 aliphatic heterocycles. The van der Waals surface area contributed by atoms with Crippen molar-refractivity contribution in [2.24, 2.45) is 11.3 Å². The lowest BCUT2D eigenvalue weighted by molar-refractivity contribution is -0.220. The summed E-state index contributed by atoms with van der Waals surface area (Å²) in [6.45, 7) is 9.69. The molecule has 2 aliphatic rings. The number of anilines is 1. The van der Waals surface area contributed by atoms with Crippen molar-refractivity contribution in [3.63, 3.8) is 0 Å². The van der Waals surface area contributed by atoms with E-state index in [1.165, 1.54) is 16.7 Å². The molecule has 2 N–H and O–H groups in total. The Bertz CT molecular complexity index is 1540. The van der Waals surface area contributed by atoms with Crippen LogP contribution in [-0.4, -0.2) is 74.0 Å². The van der Waals surface area contributed by atoms with Crippen LogP contribution < -0.4 is 16.1 Å². The Morgan fingerprint density at radius 2 is 1.57 bits per heavy atom. The monoisotopic (exact) mass is 617 g/mol. The number of hydrogen-bond acceptors (Lipinski definition) is 9. The van der Waals surface area contributed by atoms with Gasteiger partial charge in [0.25, 0.3) is 8.32 Å². The molecule has 0 bridgehead atoms. The summed E-state index contributed by atoms with van der Waals surface area (Å²) in [6.07, 6.45) is 3.79. The summed E-state index contributed by atoms with van der Waals surface area (Å²) in [5.41, 5.74) is 6.25. The third-order valence-corrected chi connectivity index (χ3v) is 14.7. The maximum atomic E-state index is 7.54. The van der Waals surface area contributed by atoms with E-state index in [1.807, 2.05) is 0 Å². The Hall–Kier alpha value is -3.19. The highest BCUT2D eigenvalue weighted by atomic mass is 28.4. The molecular weight excluding hydrogens is 574 g/mol. The van der Waals surface area contributed by atoms with Gasteiger partial charge in [-0.15, -0.1) is 0 Å². The summed E-state index contributed by atoms with van der Waals surface area (Å²) >= 11 is 0. The van der Waals surface area contributed by atoms with Crippen LogP contribution in [0.1, 0.15) is 40.2 Å². The molecule has 2 aromatic carbocycles. The van der Waals surface area contributed by atoms with E-state index in [2.05, 4.69) is 108 Å². The predicted octanol–water partition coefficient (Wildman–Crippen LogP) is 3.91. The van der Waals surface area contributed by atoms with E-state index in [0.29, 0.717) is 23.6 Å². The minimum Gasteiger partial charge on any atom is -0.407 e. The fraction of sp³-hybridized carbons (Fsp3) is 0.485. The van der Waals surface area contributed by atoms with Gasteiger partial charge >= 0.3 is 0 Å². The van der Waals surface area contributed by atoms with Gasteiger partial charge in [0.05, 0.1) is 18.5 Å². The van der Waals surface area contributed by atoms with E-state index < -0.39 is 13.9 Å². The first-order chi connectivity index (χ1) is 21.1. The van der Waals surface area contributed by atoms with Gasteiger partial charge in [0.1, 0.15) is 31.0 Å². The van der Waals surface area contributed by atoms with Gasteiger partial charge in [-0.05, 0) is 34.7 Å². The van der Waals surface area contributed by atoms with Crippen LogP contribution in [0.4, 0.5) is 5.82 Å². The van der Waals surface area contributed by atoms with E-state index in [-0.39, 0.29) is 42.1 Å². The van der Waals surface area contributed by atoms with Gasteiger partial charge in [0, 0.05) is 26.2 Å². The number of rotatable bonds is 12. The second kappa shape index (κ2) is 11.6. The summed E-state index contributed by atoms with van der Waals surface area (Å²) in [4.78, 5) is 13.3. The first kappa shape index (κ1) is 30.8. The standard InChI is InChI=1S/C33H43N5O5Si/c1-31(2,3)44(23-13-9-7-10-14-23,24-15-11-8-12-16-24)43-18-33-17-25(33)27(32(4,42-22-40-6)30(33)41-21-39-5)38-20-37-26-28(34)35-19-36-29(26)38/h7-16,19-20,25,27,30H,17-18,21-22H2,1-6H3,(H2,34,35,36)/t25-,27-,30-,32?,33+/m1/s1. The van der Waals surface area contributed by atoms with Crippen molar-refractivity contribution in [3.05, 3.63) is 73.3 Å². The third kappa shape index (κ3) is 4.77. The van der Waals surface area contributed by atoms with Crippen molar-refractivity contribution in [1.29, 1.82) is 0 Å². The van der Waals surface area contributed by atoms with Crippen LogP contribution in [0.3, 0.4) is 0 Å². The summed E-state index contributed by atoms with van der Waals surface area (Å²) in [7, 11) is 0.446. The van der Waals surface area contributed by atoms with Gasteiger partial charge in [-0.3, -0.25) is 0 Å². The van der Waals surface area contributed by atoms with Crippen molar-refractivity contribution in [3.8, 4) is 0 Å². The van der Waals surface area contributed by atoms with Gasteiger partial charge in [-0.2, -0.15) is 0 Å². The number of aromatic nitrogens is 4. The summed E-state index contributed by atoms with van der Waals surface area (Å²) in [5.74, 6) is 0.494. The van der Waals surface area contributed by atoms with Crippen LogP contribution in [0.5, 0.6) is 0 Å². The van der Waals surface area contributed by atoms with Crippen LogP contribution in [-0.2, 0) is 23.4 Å². The predicted molar refractivity (Wildman–Crippen MR) is 171 cm³/mol. The fourth-order valence-corrected chi connectivity index (χ4v) is 12.4. The zero-order valence-electron chi connectivity index (χ0n) is 26.4. The van der Waals surface area contributed by atoms with Crippen LogP contribution in [0.15, 0.2) is 73.3 Å². The van der Waals surface area contributed by atoms with Crippen LogP contribution >= 0.6 is 0 Å². The Morgan fingerprint density at radius 3 is 2.16 bits per heavy atom. The first-order valence-electron chi connectivity index (χ1n) is 15.1. The van der Waals surface area contributed by atoms with E-state index in [0.717, 1.165) is 6.42 Å². The molecule has 0 radical (unpaired) electrons. The fourth-order valence-electron chi connectivity index (χ4n) is 7.81. The maximum Gasteiger partial charge on any atom is 0.261 e. The number of methoxy groups -OCH3 is 2. The van der Waals surface area contributed by atoms with E-state index in [4.69, 9.17) is 29.1 Å². The van der Waals surface area contributed by atoms with Gasteiger partial charge < -0.3 is 33.7 Å². The number of nitrogens with zero attached hydrogens (tertiary/aromatic N) is 4. The molecule has 2 aliphatic carbocycles. The molecule has 11 heteroatoms. The largest absolute Gasteiger partial charge is 0.407 e. The molecule has 10 nitrogen and oxygen atoms in total. The molecule has 2 saturated carbocycles. The SMILES string of the molecule is COCO[C@@H]1C(C)(OCOC)[C@H](n2cnc3c(N)ncnc32)[C@H]2C[C@]21CO[Si](c1ccccc1)(c1ccccc1)C(C)(C)C. The number of benzene rings is 2. The molecule has 0 saturated heterocycles. The van der Waals surface area contributed by atoms with Crippen molar-refractivity contribution in [1.82, 2.24) is 19.5 Å². The lowest BCUT2D eigenvalue weighted by Gasteiger charge is -2.45. The molecule has 5 atom stereocenters. The first-order valence-corrected chi connectivity index (χ1v) is 17.0. The van der Waals surface area contributed by atoms with Gasteiger partial charge in [-0.25, -0.2) is 15.0 Å². The molecule has 1 unspecified atom stereocenters. The Labute approximate surface area is 260 Å². The van der Waals surface area contributed by atoms with Crippen molar-refractivity contribution in [2.45, 2.75) is 56.9 Å². The molecule has 2 fully saturated rings. The zero-order chi connectivity index (χ0) is 31.2. The molecule has 44 heavy (non-hydrogen) atoms. The minimum absolute atomic E-state index is 0.0992. The highest BCUT2D eigenvalue weighted by molar-refractivity contribution is 6.99. The lowest BCUT2D eigenvalue weighted by Crippen LogP contribution is -2.67. The van der Waals surface area contributed by atoms with Crippen LogP contribution in [0, 0.1) is 11.3 Å². The second-order valence-electron chi connectivity index (χ2n) is 13.2. The molecule has 6 rings (SSSR count). The number of nitrogens with two attached hydrogens (primary N) is 1. The molecule has 0 spiro atoms. The molecule has 2 aromatic heterocycles. The van der Waals surface area contributed by atoms with Gasteiger partial charge in [-0.1, -0.05) is 81.4 Å². The average Bonchev–Trinajstić information content (AvgIpc) is 3.48.